The van der Waals surface area contributed by atoms with E-state index in [1.165, 1.54) is 6.07 Å². The van der Waals surface area contributed by atoms with E-state index in [0.717, 1.165) is 0 Å². The maximum Gasteiger partial charge on any atom is 0.315 e. The van der Waals surface area contributed by atoms with Crippen LogP contribution in [0.4, 0.5) is 5.69 Å². The number of benzene rings is 1. The maximum absolute atomic E-state index is 12.7. The van der Waals surface area contributed by atoms with Crippen molar-refractivity contribution in [2.45, 2.75) is 33.6 Å². The van der Waals surface area contributed by atoms with E-state index in [4.69, 9.17) is 9.57 Å². The highest BCUT2D eigenvalue weighted by Gasteiger charge is 2.41. The van der Waals surface area contributed by atoms with E-state index < -0.39 is 22.7 Å². The van der Waals surface area contributed by atoms with Gasteiger partial charge in [0.25, 0.3) is 5.69 Å². The van der Waals surface area contributed by atoms with Crippen molar-refractivity contribution in [1.29, 1.82) is 0 Å². The number of nitro groups is 1. The molecule has 1 N–H and O–H groups in total. The van der Waals surface area contributed by atoms with E-state index in [0.29, 0.717) is 29.2 Å². The number of allylic oxidation sites excluding steroid dienone is 3. The summed E-state index contributed by atoms with van der Waals surface area (Å²) in [5.41, 5.74) is 5.00. The Labute approximate surface area is 164 Å². The van der Waals surface area contributed by atoms with Crippen LogP contribution in [0.1, 0.15) is 39.2 Å². The van der Waals surface area contributed by atoms with Crippen molar-refractivity contribution in [2.75, 3.05) is 13.2 Å². The lowest BCUT2D eigenvalue weighted by Crippen LogP contribution is -2.34. The van der Waals surface area contributed by atoms with Gasteiger partial charge in [-0.15, -0.1) is 0 Å². The molecule has 0 saturated heterocycles. The first-order valence-corrected chi connectivity index (χ1v) is 9.12. The number of hydroxylamine groups is 1. The van der Waals surface area contributed by atoms with E-state index in [9.17, 15) is 14.9 Å². The summed E-state index contributed by atoms with van der Waals surface area (Å²) in [5, 5.41) is 11.6. The Balaban J connectivity index is 2.63. The molecule has 1 aliphatic rings. The number of carbonyl (C=O) groups is 1. The van der Waals surface area contributed by atoms with Gasteiger partial charge in [0.05, 0.1) is 18.1 Å². The molecule has 150 valence electrons. The molecule has 1 aromatic carbocycles. The van der Waals surface area contributed by atoms with Gasteiger partial charge in [0.1, 0.15) is 5.92 Å². The van der Waals surface area contributed by atoms with Crippen LogP contribution in [0.3, 0.4) is 0 Å². The summed E-state index contributed by atoms with van der Waals surface area (Å²) in [6, 6.07) is 6.44. The molecule has 0 radical (unpaired) electrons. The van der Waals surface area contributed by atoms with Crippen LogP contribution in [0.25, 0.3) is 0 Å². The third kappa shape index (κ3) is 4.64. The van der Waals surface area contributed by atoms with E-state index in [2.05, 4.69) is 10.5 Å². The molecule has 0 aliphatic carbocycles. The summed E-state index contributed by atoms with van der Waals surface area (Å²) < 4.78 is 5.25. The second kappa shape index (κ2) is 9.80. The number of rotatable bonds is 8. The van der Waals surface area contributed by atoms with E-state index >= 15 is 0 Å². The zero-order valence-corrected chi connectivity index (χ0v) is 16.5. The normalized spacial score (nSPS) is 19.5. The number of nitrogens with one attached hydrogen (secondary N) is 1. The fourth-order valence-corrected chi connectivity index (χ4v) is 3.33. The fourth-order valence-electron chi connectivity index (χ4n) is 3.33. The van der Waals surface area contributed by atoms with Crippen LogP contribution in [0.2, 0.25) is 0 Å². The van der Waals surface area contributed by atoms with Crippen LogP contribution in [-0.2, 0) is 14.4 Å². The van der Waals surface area contributed by atoms with Crippen molar-refractivity contribution < 1.29 is 19.3 Å². The van der Waals surface area contributed by atoms with Crippen LogP contribution < -0.4 is 5.48 Å². The van der Waals surface area contributed by atoms with Crippen LogP contribution >= 0.6 is 0 Å². The van der Waals surface area contributed by atoms with Crippen molar-refractivity contribution in [3.8, 4) is 0 Å². The standard InChI is InChI=1S/C20H25N3O5/c1-5-27-20(24)18-14(4)22-13(3)15(11-12-21-28-6-2)19(18)16-9-7-8-10-17(16)23(25)26/h7-12,18-19,21H,5-6H2,1-4H3. The minimum absolute atomic E-state index is 0.0482. The van der Waals surface area contributed by atoms with E-state index in [-0.39, 0.29) is 12.3 Å². The van der Waals surface area contributed by atoms with Gasteiger partial charge in [-0.25, -0.2) is 0 Å². The highest BCUT2D eigenvalue weighted by atomic mass is 16.6. The molecule has 0 amide bonds. The summed E-state index contributed by atoms with van der Waals surface area (Å²) in [4.78, 5) is 33.5. The van der Waals surface area contributed by atoms with E-state index in [1.54, 1.807) is 44.3 Å². The van der Waals surface area contributed by atoms with Crippen molar-refractivity contribution in [3.05, 3.63) is 63.5 Å². The Bertz CT molecular complexity index is 829. The number of para-hydroxylation sites is 1. The highest BCUT2D eigenvalue weighted by molar-refractivity contribution is 6.04. The Morgan fingerprint density at radius 2 is 2.00 bits per heavy atom. The first-order chi connectivity index (χ1) is 13.4. The number of hydrogen-bond donors (Lipinski definition) is 1. The molecule has 8 nitrogen and oxygen atoms in total. The monoisotopic (exact) mass is 387 g/mol. The minimum Gasteiger partial charge on any atom is -0.465 e. The zero-order valence-electron chi connectivity index (χ0n) is 16.5. The van der Waals surface area contributed by atoms with E-state index in [1.807, 2.05) is 13.8 Å². The molecule has 28 heavy (non-hydrogen) atoms. The van der Waals surface area contributed by atoms with Gasteiger partial charge in [-0.2, -0.15) is 0 Å². The Morgan fingerprint density at radius 3 is 2.64 bits per heavy atom. The molecular formula is C20H25N3O5. The molecule has 1 aromatic rings. The SMILES string of the molecule is CCONC=CC1=C(C)N=C(C)C(C(=O)OCC)C1c1ccccc1[N+](=O)[O-]. The first-order valence-electron chi connectivity index (χ1n) is 9.12. The van der Waals surface area contributed by atoms with Gasteiger partial charge in [0, 0.05) is 35.2 Å². The number of ether oxygens (including phenoxy) is 1. The average Bonchev–Trinajstić information content (AvgIpc) is 2.66. The van der Waals surface area contributed by atoms with Gasteiger partial charge in [-0.05, 0) is 39.3 Å². The minimum atomic E-state index is -0.753. The quantitative estimate of drug-likeness (QED) is 0.316. The third-order valence-electron chi connectivity index (χ3n) is 4.45. The molecule has 2 rings (SSSR count). The predicted octanol–water partition coefficient (Wildman–Crippen LogP) is 3.66. The summed E-state index contributed by atoms with van der Waals surface area (Å²) >= 11 is 0. The molecule has 0 spiro atoms. The van der Waals surface area contributed by atoms with Crippen LogP contribution in [0.15, 0.2) is 52.8 Å². The predicted molar refractivity (Wildman–Crippen MR) is 106 cm³/mol. The average molecular weight is 387 g/mol. The zero-order chi connectivity index (χ0) is 20.7. The molecule has 0 fully saturated rings. The molecule has 1 heterocycles. The van der Waals surface area contributed by atoms with Gasteiger partial charge in [-0.3, -0.25) is 30.2 Å². The van der Waals surface area contributed by atoms with Gasteiger partial charge in [0.2, 0.25) is 0 Å². The number of aliphatic imine (C=N–C) groups is 1. The molecular weight excluding hydrogens is 362 g/mol. The molecule has 1 aliphatic heterocycles. The maximum atomic E-state index is 12.7. The van der Waals surface area contributed by atoms with Crippen molar-refractivity contribution in [1.82, 2.24) is 5.48 Å². The molecule has 0 saturated carbocycles. The summed E-state index contributed by atoms with van der Waals surface area (Å²) in [5.74, 6) is -1.81. The highest BCUT2D eigenvalue weighted by Crippen LogP contribution is 2.43. The Hall–Kier alpha value is -3.00. The van der Waals surface area contributed by atoms with Gasteiger partial charge >= 0.3 is 5.97 Å². The molecule has 0 aromatic heterocycles. The van der Waals surface area contributed by atoms with Crippen molar-refractivity contribution in [3.63, 3.8) is 0 Å². The second-order valence-corrected chi connectivity index (χ2v) is 6.20. The largest absolute Gasteiger partial charge is 0.465 e. The van der Waals surface area contributed by atoms with Crippen LogP contribution in [0, 0.1) is 16.0 Å². The summed E-state index contributed by atoms with van der Waals surface area (Å²) in [7, 11) is 0. The molecule has 0 bridgehead atoms. The topological polar surface area (TPSA) is 103 Å². The van der Waals surface area contributed by atoms with Crippen LogP contribution in [-0.4, -0.2) is 29.8 Å². The number of carbonyl (C=O) groups excluding carboxylic acids is 1. The summed E-state index contributed by atoms with van der Waals surface area (Å²) in [6.45, 7) is 7.80. The second-order valence-electron chi connectivity index (χ2n) is 6.20. The van der Waals surface area contributed by atoms with Crippen molar-refractivity contribution >= 4 is 17.4 Å². The molecule has 2 unspecified atom stereocenters. The first kappa shape index (κ1) is 21.3. The van der Waals surface area contributed by atoms with Gasteiger partial charge in [0.15, 0.2) is 0 Å². The molecule has 2 atom stereocenters. The number of nitro benzene ring substituents is 1. The number of hydrogen-bond acceptors (Lipinski definition) is 7. The smallest absolute Gasteiger partial charge is 0.315 e. The molecule has 8 heteroatoms. The Morgan fingerprint density at radius 1 is 1.29 bits per heavy atom. The lowest BCUT2D eigenvalue weighted by molar-refractivity contribution is -0.385. The lowest BCUT2D eigenvalue weighted by atomic mass is 9.75. The van der Waals surface area contributed by atoms with Crippen molar-refractivity contribution in [2.24, 2.45) is 10.9 Å². The van der Waals surface area contributed by atoms with Gasteiger partial charge < -0.3 is 4.74 Å². The third-order valence-corrected chi connectivity index (χ3v) is 4.45. The van der Waals surface area contributed by atoms with Gasteiger partial charge in [-0.1, -0.05) is 18.2 Å². The fraction of sp³-hybridized carbons (Fsp3) is 0.400. The summed E-state index contributed by atoms with van der Waals surface area (Å²) in [6.07, 6.45) is 3.32. The number of nitrogens with zero attached hydrogens (tertiary/aromatic N) is 2. The number of esters is 1. The van der Waals surface area contributed by atoms with Crippen LogP contribution in [0.5, 0.6) is 0 Å². The Kier molecular flexibility index (Phi) is 7.45. The lowest BCUT2D eigenvalue weighted by Gasteiger charge is -2.31.